The minimum absolute atomic E-state index is 0.188. The Morgan fingerprint density at radius 3 is 2.59 bits per heavy atom. The normalized spacial score (nSPS) is 34.8. The maximum absolute atomic E-state index is 11.2. The Labute approximate surface area is 98.1 Å². The first-order valence-electron chi connectivity index (χ1n) is 5.49. The van der Waals surface area contributed by atoms with Crippen molar-refractivity contribution in [1.82, 2.24) is 0 Å². The first kappa shape index (κ1) is 10.5. The maximum Gasteiger partial charge on any atom is 0.331 e. The van der Waals surface area contributed by atoms with Crippen molar-refractivity contribution in [3.63, 3.8) is 0 Å². The number of fused-ring (bicyclic) bond motifs is 1. The smallest absolute Gasteiger partial charge is 0.331 e. The molecule has 88 valence electrons. The summed E-state index contributed by atoms with van der Waals surface area (Å²) in [5.74, 6) is -0.476. The Morgan fingerprint density at radius 2 is 1.94 bits per heavy atom. The summed E-state index contributed by atoms with van der Waals surface area (Å²) < 4.78 is 5.17. The van der Waals surface area contributed by atoms with Gasteiger partial charge in [0.15, 0.2) is 5.60 Å². The Balaban J connectivity index is 2.10. The van der Waals surface area contributed by atoms with E-state index in [-0.39, 0.29) is 6.42 Å². The van der Waals surface area contributed by atoms with Gasteiger partial charge in [-0.25, -0.2) is 4.79 Å². The maximum atomic E-state index is 11.2. The standard InChI is InChI=1S/C13H12O4/c14-10-7-13(6-5-11(15)17-13)12(16)9-4-2-1-3-8(9)10/h1-6,10,12,14,16H,7H2/t10-,12-,13-/m1/s1. The number of aliphatic hydroxyl groups is 2. The molecule has 1 aliphatic heterocycles. The molecule has 2 aliphatic rings. The summed E-state index contributed by atoms with van der Waals surface area (Å²) >= 11 is 0. The molecule has 1 heterocycles. The number of esters is 1. The molecule has 4 heteroatoms. The third-order valence-electron chi connectivity index (χ3n) is 3.42. The van der Waals surface area contributed by atoms with Crippen molar-refractivity contribution in [2.75, 3.05) is 0 Å². The molecule has 2 N–H and O–H groups in total. The lowest BCUT2D eigenvalue weighted by Gasteiger charge is -2.39. The molecular weight excluding hydrogens is 220 g/mol. The van der Waals surface area contributed by atoms with Crippen LogP contribution in [0.5, 0.6) is 0 Å². The highest BCUT2D eigenvalue weighted by Gasteiger charge is 2.49. The molecule has 0 bridgehead atoms. The van der Waals surface area contributed by atoms with Crippen LogP contribution in [0.1, 0.15) is 29.8 Å². The lowest BCUT2D eigenvalue weighted by atomic mass is 9.76. The number of aliphatic hydroxyl groups excluding tert-OH is 2. The third kappa shape index (κ3) is 1.41. The van der Waals surface area contributed by atoms with Crippen molar-refractivity contribution in [3.8, 4) is 0 Å². The summed E-state index contributed by atoms with van der Waals surface area (Å²) in [6.07, 6.45) is 1.37. The van der Waals surface area contributed by atoms with Crippen LogP contribution in [-0.2, 0) is 9.53 Å². The average molecular weight is 232 g/mol. The highest BCUT2D eigenvalue weighted by atomic mass is 16.6. The second-order valence-corrected chi connectivity index (χ2v) is 4.46. The minimum atomic E-state index is -1.11. The van der Waals surface area contributed by atoms with Crippen LogP contribution in [0.2, 0.25) is 0 Å². The van der Waals surface area contributed by atoms with Gasteiger partial charge in [-0.1, -0.05) is 24.3 Å². The Kier molecular flexibility index (Phi) is 2.11. The molecule has 1 aliphatic carbocycles. The summed E-state index contributed by atoms with van der Waals surface area (Å²) in [5, 5.41) is 20.4. The molecule has 1 spiro atoms. The quantitative estimate of drug-likeness (QED) is 0.655. The Hall–Kier alpha value is -1.65. The van der Waals surface area contributed by atoms with E-state index in [2.05, 4.69) is 0 Å². The van der Waals surface area contributed by atoms with Gasteiger partial charge in [-0.15, -0.1) is 0 Å². The monoisotopic (exact) mass is 232 g/mol. The summed E-state index contributed by atoms with van der Waals surface area (Å²) in [7, 11) is 0. The first-order valence-corrected chi connectivity index (χ1v) is 5.49. The predicted molar refractivity (Wildman–Crippen MR) is 58.9 cm³/mol. The van der Waals surface area contributed by atoms with Gasteiger partial charge < -0.3 is 14.9 Å². The molecule has 1 aromatic carbocycles. The van der Waals surface area contributed by atoms with Crippen LogP contribution in [0.15, 0.2) is 36.4 Å². The number of carbonyl (C=O) groups is 1. The topological polar surface area (TPSA) is 66.8 Å². The van der Waals surface area contributed by atoms with Gasteiger partial charge in [0.05, 0.1) is 6.10 Å². The minimum Gasteiger partial charge on any atom is -0.448 e. The average Bonchev–Trinajstić information content (AvgIpc) is 2.69. The molecule has 3 rings (SSSR count). The van der Waals surface area contributed by atoms with E-state index in [1.807, 2.05) is 6.07 Å². The molecule has 1 aromatic rings. The molecule has 0 unspecified atom stereocenters. The highest BCUT2D eigenvalue weighted by Crippen LogP contribution is 2.47. The summed E-state index contributed by atoms with van der Waals surface area (Å²) in [6, 6.07) is 7.11. The van der Waals surface area contributed by atoms with Crippen LogP contribution < -0.4 is 0 Å². The molecule has 0 radical (unpaired) electrons. The molecule has 0 saturated carbocycles. The Bertz CT molecular complexity index is 508. The number of hydrogen-bond donors (Lipinski definition) is 2. The summed E-state index contributed by atoms with van der Waals surface area (Å²) in [4.78, 5) is 11.2. The van der Waals surface area contributed by atoms with Crippen molar-refractivity contribution in [3.05, 3.63) is 47.5 Å². The fraction of sp³-hybridized carbons (Fsp3) is 0.308. The number of carbonyl (C=O) groups excluding carboxylic acids is 1. The molecule has 3 atom stereocenters. The van der Waals surface area contributed by atoms with Crippen molar-refractivity contribution in [2.24, 2.45) is 0 Å². The van der Waals surface area contributed by atoms with Gasteiger partial charge in [0.1, 0.15) is 6.10 Å². The van der Waals surface area contributed by atoms with Crippen LogP contribution in [0.4, 0.5) is 0 Å². The molecular formula is C13H12O4. The molecule has 0 aromatic heterocycles. The molecule has 17 heavy (non-hydrogen) atoms. The zero-order chi connectivity index (χ0) is 12.0. The lowest BCUT2D eigenvalue weighted by molar-refractivity contribution is -0.161. The van der Waals surface area contributed by atoms with Crippen LogP contribution in [0.3, 0.4) is 0 Å². The van der Waals surface area contributed by atoms with Gasteiger partial charge in [-0.05, 0) is 17.2 Å². The van der Waals surface area contributed by atoms with Crippen molar-refractivity contribution in [1.29, 1.82) is 0 Å². The van der Waals surface area contributed by atoms with Crippen LogP contribution in [0.25, 0.3) is 0 Å². The molecule has 0 saturated heterocycles. The van der Waals surface area contributed by atoms with Gasteiger partial charge in [-0.2, -0.15) is 0 Å². The summed E-state index contributed by atoms with van der Waals surface area (Å²) in [6.45, 7) is 0. The van der Waals surface area contributed by atoms with Gasteiger partial charge in [-0.3, -0.25) is 0 Å². The second kappa shape index (κ2) is 3.42. The fourth-order valence-electron chi connectivity index (χ4n) is 2.57. The zero-order valence-corrected chi connectivity index (χ0v) is 9.04. The van der Waals surface area contributed by atoms with Crippen molar-refractivity contribution < 1.29 is 19.7 Å². The van der Waals surface area contributed by atoms with Gasteiger partial charge in [0.25, 0.3) is 0 Å². The lowest BCUT2D eigenvalue weighted by Crippen LogP contribution is -2.41. The fourth-order valence-corrected chi connectivity index (χ4v) is 2.57. The highest BCUT2D eigenvalue weighted by molar-refractivity contribution is 5.85. The summed E-state index contributed by atoms with van der Waals surface area (Å²) in [5.41, 5.74) is 0.206. The van der Waals surface area contributed by atoms with E-state index in [1.54, 1.807) is 24.3 Å². The van der Waals surface area contributed by atoms with Gasteiger partial charge in [0.2, 0.25) is 0 Å². The van der Waals surface area contributed by atoms with Crippen LogP contribution in [-0.4, -0.2) is 21.8 Å². The number of rotatable bonds is 0. The van der Waals surface area contributed by atoms with Crippen LogP contribution >= 0.6 is 0 Å². The van der Waals surface area contributed by atoms with Crippen LogP contribution in [0, 0.1) is 0 Å². The predicted octanol–water partition coefficient (Wildman–Crippen LogP) is 1.01. The number of ether oxygens (including phenoxy) is 1. The molecule has 0 amide bonds. The van der Waals surface area contributed by atoms with Gasteiger partial charge >= 0.3 is 5.97 Å². The number of hydrogen-bond acceptors (Lipinski definition) is 4. The van der Waals surface area contributed by atoms with E-state index < -0.39 is 23.8 Å². The van der Waals surface area contributed by atoms with E-state index in [0.29, 0.717) is 11.1 Å². The largest absolute Gasteiger partial charge is 0.448 e. The van der Waals surface area contributed by atoms with E-state index in [1.165, 1.54) is 6.08 Å². The van der Waals surface area contributed by atoms with E-state index in [0.717, 1.165) is 0 Å². The molecule has 0 fully saturated rings. The third-order valence-corrected chi connectivity index (χ3v) is 3.42. The Morgan fingerprint density at radius 1 is 1.24 bits per heavy atom. The number of benzene rings is 1. The van der Waals surface area contributed by atoms with E-state index >= 15 is 0 Å². The SMILES string of the molecule is O=C1C=C[C@]2(C[C@@H](O)c3ccccc3[C@H]2O)O1. The van der Waals surface area contributed by atoms with Crippen molar-refractivity contribution >= 4 is 5.97 Å². The van der Waals surface area contributed by atoms with Gasteiger partial charge in [0, 0.05) is 12.5 Å². The van der Waals surface area contributed by atoms with E-state index in [4.69, 9.17) is 4.74 Å². The van der Waals surface area contributed by atoms with E-state index in [9.17, 15) is 15.0 Å². The molecule has 4 nitrogen and oxygen atoms in total. The second-order valence-electron chi connectivity index (χ2n) is 4.46. The van der Waals surface area contributed by atoms with Crippen molar-refractivity contribution in [2.45, 2.75) is 24.2 Å². The zero-order valence-electron chi connectivity index (χ0n) is 9.04. The first-order chi connectivity index (χ1) is 8.12.